The Hall–Kier alpha value is -2.28. The first kappa shape index (κ1) is 16.2. The van der Waals surface area contributed by atoms with Crippen LogP contribution in [0.2, 0.25) is 0 Å². The Labute approximate surface area is 147 Å². The largest absolute Gasteiger partial charge is 0.392 e. The highest BCUT2D eigenvalue weighted by Crippen LogP contribution is 2.20. The van der Waals surface area contributed by atoms with E-state index in [0.717, 1.165) is 44.1 Å². The molecule has 3 aromatic rings. The summed E-state index contributed by atoms with van der Waals surface area (Å²) < 4.78 is 2.00. The second kappa shape index (κ2) is 7.31. The summed E-state index contributed by atoms with van der Waals surface area (Å²) in [7, 11) is 0. The molecule has 2 unspecified atom stereocenters. The van der Waals surface area contributed by atoms with Crippen LogP contribution in [0.25, 0.3) is 5.78 Å². The van der Waals surface area contributed by atoms with E-state index in [2.05, 4.69) is 44.5 Å². The lowest BCUT2D eigenvalue weighted by molar-refractivity contribution is 0.172. The van der Waals surface area contributed by atoms with E-state index in [4.69, 9.17) is 0 Å². The number of β-amino-alcohol motifs (C(OH)–C–C–N with tert-alkyl or cyclic N) is 1. The highest BCUT2D eigenvalue weighted by atomic mass is 16.3. The van der Waals surface area contributed by atoms with Crippen molar-refractivity contribution >= 4 is 5.78 Å². The van der Waals surface area contributed by atoms with Gasteiger partial charge in [0.2, 0.25) is 5.78 Å². The number of nitrogens with one attached hydrogen (secondary N) is 1. The van der Waals surface area contributed by atoms with Crippen LogP contribution in [0.5, 0.6) is 0 Å². The molecule has 130 valence electrons. The Bertz CT molecular complexity index is 819. The SMILES string of the molecule is OC1CC(CNCc2cnc3ncccn23)N(Cc2ccccc2)C1. The molecule has 1 saturated heterocycles. The fraction of sp³-hybridized carbons (Fsp3) is 0.368. The molecule has 0 aliphatic carbocycles. The number of imidazole rings is 1. The maximum atomic E-state index is 10.1. The highest BCUT2D eigenvalue weighted by molar-refractivity contribution is 5.30. The van der Waals surface area contributed by atoms with Crippen LogP contribution in [0, 0.1) is 0 Å². The van der Waals surface area contributed by atoms with Crippen molar-refractivity contribution in [1.82, 2.24) is 24.6 Å². The molecule has 0 saturated carbocycles. The Kier molecular flexibility index (Phi) is 4.74. The van der Waals surface area contributed by atoms with E-state index in [1.54, 1.807) is 6.20 Å². The van der Waals surface area contributed by atoms with Gasteiger partial charge in [-0.15, -0.1) is 0 Å². The average Bonchev–Trinajstić information content (AvgIpc) is 3.20. The molecule has 3 heterocycles. The Morgan fingerprint density at radius 1 is 1.16 bits per heavy atom. The third kappa shape index (κ3) is 3.71. The first-order chi connectivity index (χ1) is 12.3. The number of benzene rings is 1. The molecular weight excluding hydrogens is 314 g/mol. The van der Waals surface area contributed by atoms with Gasteiger partial charge in [0.15, 0.2) is 0 Å². The molecule has 1 aliphatic heterocycles. The van der Waals surface area contributed by atoms with Crippen LogP contribution in [-0.4, -0.2) is 49.6 Å². The van der Waals surface area contributed by atoms with Crippen LogP contribution in [0.1, 0.15) is 17.7 Å². The number of rotatable bonds is 6. The summed E-state index contributed by atoms with van der Waals surface area (Å²) in [5.74, 6) is 0.723. The van der Waals surface area contributed by atoms with Crippen molar-refractivity contribution in [3.05, 3.63) is 66.2 Å². The maximum absolute atomic E-state index is 10.1. The maximum Gasteiger partial charge on any atom is 0.233 e. The molecule has 1 aliphatic rings. The minimum atomic E-state index is -0.240. The second-order valence-corrected chi connectivity index (χ2v) is 6.63. The number of aliphatic hydroxyl groups excluding tert-OH is 1. The zero-order valence-electron chi connectivity index (χ0n) is 14.1. The monoisotopic (exact) mass is 337 g/mol. The summed E-state index contributed by atoms with van der Waals surface area (Å²) in [6.45, 7) is 3.20. The van der Waals surface area contributed by atoms with Crippen molar-refractivity contribution in [2.75, 3.05) is 13.1 Å². The molecule has 0 bridgehead atoms. The van der Waals surface area contributed by atoms with Crippen molar-refractivity contribution in [2.45, 2.75) is 31.7 Å². The fourth-order valence-corrected chi connectivity index (χ4v) is 3.56. The molecule has 0 spiro atoms. The molecule has 0 amide bonds. The van der Waals surface area contributed by atoms with Crippen LogP contribution in [0.4, 0.5) is 0 Å². The van der Waals surface area contributed by atoms with Crippen molar-refractivity contribution in [2.24, 2.45) is 0 Å². The first-order valence-corrected chi connectivity index (χ1v) is 8.73. The minimum Gasteiger partial charge on any atom is -0.392 e. The van der Waals surface area contributed by atoms with Gasteiger partial charge in [0.1, 0.15) is 0 Å². The summed E-state index contributed by atoms with van der Waals surface area (Å²) in [4.78, 5) is 10.9. The molecule has 0 radical (unpaired) electrons. The van der Waals surface area contributed by atoms with E-state index in [1.807, 2.05) is 28.9 Å². The molecule has 2 aromatic heterocycles. The van der Waals surface area contributed by atoms with Gasteiger partial charge in [-0.25, -0.2) is 9.97 Å². The fourth-order valence-electron chi connectivity index (χ4n) is 3.56. The summed E-state index contributed by atoms with van der Waals surface area (Å²) >= 11 is 0. The quantitative estimate of drug-likeness (QED) is 0.713. The summed E-state index contributed by atoms with van der Waals surface area (Å²) in [6.07, 6.45) is 6.17. The second-order valence-electron chi connectivity index (χ2n) is 6.63. The van der Waals surface area contributed by atoms with Gasteiger partial charge in [-0.2, -0.15) is 0 Å². The summed E-state index contributed by atoms with van der Waals surface area (Å²) in [5.41, 5.74) is 2.38. The molecule has 25 heavy (non-hydrogen) atoms. The standard InChI is InChI=1S/C19H23N5O/c25-18-9-16(23(14-18)13-15-5-2-1-3-6-15)10-20-11-17-12-22-19-21-7-4-8-24(17)19/h1-8,12,16,18,20,25H,9-11,13-14H2. The predicted molar refractivity (Wildman–Crippen MR) is 96.0 cm³/mol. The van der Waals surface area contributed by atoms with Gasteiger partial charge in [0.05, 0.1) is 18.0 Å². The predicted octanol–water partition coefficient (Wildman–Crippen LogP) is 1.45. The van der Waals surface area contributed by atoms with Gasteiger partial charge in [0.25, 0.3) is 0 Å². The van der Waals surface area contributed by atoms with Crippen molar-refractivity contribution in [3.63, 3.8) is 0 Å². The Balaban J connectivity index is 1.36. The minimum absolute atomic E-state index is 0.240. The van der Waals surface area contributed by atoms with Gasteiger partial charge in [-0.05, 0) is 18.1 Å². The molecule has 6 nitrogen and oxygen atoms in total. The number of fused-ring (bicyclic) bond motifs is 1. The van der Waals surface area contributed by atoms with E-state index < -0.39 is 0 Å². The van der Waals surface area contributed by atoms with Crippen LogP contribution >= 0.6 is 0 Å². The molecule has 2 N–H and O–H groups in total. The first-order valence-electron chi connectivity index (χ1n) is 8.73. The number of aliphatic hydroxyl groups is 1. The zero-order valence-corrected chi connectivity index (χ0v) is 14.1. The molecule has 6 heteroatoms. The lowest BCUT2D eigenvalue weighted by Gasteiger charge is -2.24. The summed E-state index contributed by atoms with van der Waals surface area (Å²) in [5, 5.41) is 13.6. The van der Waals surface area contributed by atoms with E-state index in [0.29, 0.717) is 6.04 Å². The third-order valence-electron chi connectivity index (χ3n) is 4.79. The highest BCUT2D eigenvalue weighted by Gasteiger charge is 2.30. The molecule has 1 aromatic carbocycles. The van der Waals surface area contributed by atoms with E-state index in [1.165, 1.54) is 5.56 Å². The van der Waals surface area contributed by atoms with Crippen molar-refractivity contribution in [1.29, 1.82) is 0 Å². The zero-order chi connectivity index (χ0) is 17.1. The molecule has 2 atom stereocenters. The average molecular weight is 337 g/mol. The lowest BCUT2D eigenvalue weighted by atomic mass is 10.1. The Morgan fingerprint density at radius 2 is 2.04 bits per heavy atom. The van der Waals surface area contributed by atoms with Gasteiger partial charge in [0, 0.05) is 44.6 Å². The van der Waals surface area contributed by atoms with Crippen LogP contribution in [0.15, 0.2) is 55.0 Å². The van der Waals surface area contributed by atoms with Crippen molar-refractivity contribution in [3.8, 4) is 0 Å². The number of likely N-dealkylation sites (tertiary alicyclic amines) is 1. The number of nitrogens with zero attached hydrogens (tertiary/aromatic N) is 4. The smallest absolute Gasteiger partial charge is 0.233 e. The molecule has 1 fully saturated rings. The van der Waals surface area contributed by atoms with Crippen LogP contribution in [-0.2, 0) is 13.1 Å². The molecular formula is C19H23N5O. The van der Waals surface area contributed by atoms with E-state index in [-0.39, 0.29) is 6.10 Å². The third-order valence-corrected chi connectivity index (χ3v) is 4.79. The number of hydrogen-bond donors (Lipinski definition) is 2. The summed E-state index contributed by atoms with van der Waals surface area (Å²) in [6, 6.07) is 12.7. The van der Waals surface area contributed by atoms with Gasteiger partial charge in [-0.3, -0.25) is 9.30 Å². The number of aromatic nitrogens is 3. The van der Waals surface area contributed by atoms with Crippen LogP contribution < -0.4 is 5.32 Å². The topological polar surface area (TPSA) is 65.7 Å². The van der Waals surface area contributed by atoms with Crippen molar-refractivity contribution < 1.29 is 5.11 Å². The van der Waals surface area contributed by atoms with Gasteiger partial charge >= 0.3 is 0 Å². The lowest BCUT2D eigenvalue weighted by Crippen LogP contribution is -2.37. The normalized spacial score (nSPS) is 21.2. The van der Waals surface area contributed by atoms with Gasteiger partial charge < -0.3 is 10.4 Å². The molecule has 4 rings (SSSR count). The van der Waals surface area contributed by atoms with Gasteiger partial charge in [-0.1, -0.05) is 30.3 Å². The van der Waals surface area contributed by atoms with E-state index in [9.17, 15) is 5.11 Å². The Morgan fingerprint density at radius 3 is 2.92 bits per heavy atom. The number of hydrogen-bond acceptors (Lipinski definition) is 5. The van der Waals surface area contributed by atoms with Crippen LogP contribution in [0.3, 0.4) is 0 Å². The van der Waals surface area contributed by atoms with E-state index >= 15 is 0 Å².